The van der Waals surface area contributed by atoms with Gasteiger partial charge < -0.3 is 14.8 Å². The number of nitrogens with zero attached hydrogens (tertiary/aromatic N) is 2. The van der Waals surface area contributed by atoms with Crippen molar-refractivity contribution in [2.75, 3.05) is 26.1 Å². The summed E-state index contributed by atoms with van der Waals surface area (Å²) in [5.41, 5.74) is 0.881. The Kier molecular flexibility index (Phi) is 7.98. The van der Waals surface area contributed by atoms with Crippen molar-refractivity contribution in [3.05, 3.63) is 47.2 Å². The van der Waals surface area contributed by atoms with E-state index in [9.17, 15) is 14.0 Å². The zero-order valence-corrected chi connectivity index (χ0v) is 19.4. The van der Waals surface area contributed by atoms with E-state index in [0.29, 0.717) is 34.6 Å². The van der Waals surface area contributed by atoms with E-state index in [4.69, 9.17) is 21.1 Å². The summed E-state index contributed by atoms with van der Waals surface area (Å²) in [6, 6.07) is 9.16. The van der Waals surface area contributed by atoms with Crippen LogP contribution in [-0.2, 0) is 9.59 Å². The molecule has 1 saturated heterocycles. The molecule has 1 aliphatic heterocycles. The third kappa shape index (κ3) is 5.52. The number of carbonyl (C=O) groups excluding carboxylic acids is 2. The number of rotatable bonds is 8. The summed E-state index contributed by atoms with van der Waals surface area (Å²) in [6.07, 6.45) is 0.669. The Bertz CT molecular complexity index is 1050. The normalized spacial score (nSPS) is 17.0. The molecule has 2 aromatic carbocycles. The lowest BCUT2D eigenvalue weighted by Crippen LogP contribution is -2.34. The van der Waals surface area contributed by atoms with E-state index >= 15 is 0 Å². The monoisotopic (exact) mass is 479 g/mol. The Morgan fingerprint density at radius 2 is 2.03 bits per heavy atom. The summed E-state index contributed by atoms with van der Waals surface area (Å²) >= 11 is 7.04. The fourth-order valence-electron chi connectivity index (χ4n) is 3.10. The molecule has 0 bridgehead atoms. The Morgan fingerprint density at radius 3 is 2.69 bits per heavy atom. The molecule has 2 amide bonds. The van der Waals surface area contributed by atoms with Crippen LogP contribution in [0.3, 0.4) is 0 Å². The molecular formula is C22H23ClFN3O4S. The van der Waals surface area contributed by atoms with Gasteiger partial charge in [0.25, 0.3) is 0 Å². The van der Waals surface area contributed by atoms with Crippen LogP contribution in [-0.4, -0.2) is 47.9 Å². The van der Waals surface area contributed by atoms with Crippen molar-refractivity contribution in [1.82, 2.24) is 4.90 Å². The second-order valence-corrected chi connectivity index (χ2v) is 8.48. The number of anilines is 1. The van der Waals surface area contributed by atoms with Gasteiger partial charge in [0.2, 0.25) is 11.8 Å². The Morgan fingerprint density at radius 1 is 1.25 bits per heavy atom. The van der Waals surface area contributed by atoms with Gasteiger partial charge in [-0.3, -0.25) is 14.5 Å². The van der Waals surface area contributed by atoms with Gasteiger partial charge in [-0.2, -0.15) is 0 Å². The predicted octanol–water partition coefficient (Wildman–Crippen LogP) is 4.87. The van der Waals surface area contributed by atoms with Gasteiger partial charge in [0.1, 0.15) is 22.6 Å². The highest BCUT2D eigenvalue weighted by Crippen LogP contribution is 2.34. The van der Waals surface area contributed by atoms with Crippen molar-refractivity contribution in [3.63, 3.8) is 0 Å². The van der Waals surface area contributed by atoms with E-state index < -0.39 is 11.1 Å². The first-order valence-corrected chi connectivity index (χ1v) is 11.2. The van der Waals surface area contributed by atoms with Crippen LogP contribution < -0.4 is 14.8 Å². The van der Waals surface area contributed by atoms with Crippen molar-refractivity contribution in [2.45, 2.75) is 25.0 Å². The molecule has 0 radical (unpaired) electrons. The number of nitrogens with one attached hydrogen (secondary N) is 1. The number of benzene rings is 2. The first kappa shape index (κ1) is 23.9. The Balaban J connectivity index is 1.77. The number of hydrogen-bond donors (Lipinski definition) is 1. The quantitative estimate of drug-likeness (QED) is 0.584. The molecule has 170 valence electrons. The van der Waals surface area contributed by atoms with Crippen LogP contribution in [0.2, 0.25) is 5.02 Å². The summed E-state index contributed by atoms with van der Waals surface area (Å²) < 4.78 is 23.9. The Labute approximate surface area is 194 Å². The molecule has 0 unspecified atom stereocenters. The van der Waals surface area contributed by atoms with Gasteiger partial charge in [-0.1, -0.05) is 30.3 Å². The SMILES string of the molecule is CCCN1C(=O)[C@H](CC(=O)Nc2cc(OC)ccc2OC)SC1=Nc1ccc(F)c(Cl)c1. The van der Waals surface area contributed by atoms with Crippen LogP contribution in [0.4, 0.5) is 15.8 Å². The molecule has 10 heteroatoms. The predicted molar refractivity (Wildman–Crippen MR) is 125 cm³/mol. The molecule has 0 saturated carbocycles. The third-order valence-corrected chi connectivity index (χ3v) is 6.11. The minimum absolute atomic E-state index is 0.0483. The van der Waals surface area contributed by atoms with Crippen molar-refractivity contribution in [3.8, 4) is 11.5 Å². The van der Waals surface area contributed by atoms with Gasteiger partial charge in [-0.05, 0) is 36.8 Å². The van der Waals surface area contributed by atoms with Gasteiger partial charge in [0.05, 0.1) is 30.6 Å². The molecule has 7 nitrogen and oxygen atoms in total. The van der Waals surface area contributed by atoms with Crippen molar-refractivity contribution in [1.29, 1.82) is 0 Å². The topological polar surface area (TPSA) is 80.2 Å². The van der Waals surface area contributed by atoms with Gasteiger partial charge >= 0.3 is 0 Å². The molecule has 32 heavy (non-hydrogen) atoms. The summed E-state index contributed by atoms with van der Waals surface area (Å²) in [4.78, 5) is 31.7. The maximum atomic E-state index is 13.4. The number of methoxy groups -OCH3 is 2. The van der Waals surface area contributed by atoms with E-state index in [2.05, 4.69) is 10.3 Å². The van der Waals surface area contributed by atoms with Crippen LogP contribution in [0.25, 0.3) is 0 Å². The molecule has 1 atom stereocenters. The lowest BCUT2D eigenvalue weighted by atomic mass is 10.2. The number of halogens is 2. The second-order valence-electron chi connectivity index (χ2n) is 6.91. The molecule has 1 aliphatic rings. The Hall–Kier alpha value is -2.78. The zero-order valence-electron chi connectivity index (χ0n) is 17.9. The van der Waals surface area contributed by atoms with E-state index in [1.165, 1.54) is 44.2 Å². The van der Waals surface area contributed by atoms with Gasteiger partial charge in [-0.25, -0.2) is 9.38 Å². The van der Waals surface area contributed by atoms with Crippen LogP contribution in [0.1, 0.15) is 19.8 Å². The van der Waals surface area contributed by atoms with E-state index in [0.717, 1.165) is 6.42 Å². The van der Waals surface area contributed by atoms with Gasteiger partial charge in [0.15, 0.2) is 5.17 Å². The average Bonchev–Trinajstić information content (AvgIpc) is 3.05. The molecule has 0 spiro atoms. The van der Waals surface area contributed by atoms with E-state index in [1.807, 2.05) is 6.92 Å². The van der Waals surface area contributed by atoms with Crippen molar-refractivity contribution in [2.24, 2.45) is 4.99 Å². The second kappa shape index (κ2) is 10.7. The minimum Gasteiger partial charge on any atom is -0.497 e. The zero-order chi connectivity index (χ0) is 23.3. The lowest BCUT2D eigenvalue weighted by molar-refractivity contribution is -0.128. The molecule has 2 aromatic rings. The van der Waals surface area contributed by atoms with Crippen LogP contribution in [0.5, 0.6) is 11.5 Å². The maximum absolute atomic E-state index is 13.4. The standard InChI is InChI=1S/C22H23ClFN3O4S/c1-4-9-27-21(29)19(32-22(27)25-13-5-7-16(24)15(23)10-13)12-20(28)26-17-11-14(30-2)6-8-18(17)31-3/h5-8,10-11,19H,4,9,12H2,1-3H3,(H,26,28)/t19-/m0/s1. The van der Waals surface area contributed by atoms with E-state index in [-0.39, 0.29) is 23.3 Å². The summed E-state index contributed by atoms with van der Waals surface area (Å²) in [6.45, 7) is 2.40. The molecular weight excluding hydrogens is 457 g/mol. The molecule has 0 aromatic heterocycles. The number of hydrogen-bond acceptors (Lipinski definition) is 6. The van der Waals surface area contributed by atoms with Crippen LogP contribution in [0.15, 0.2) is 41.4 Å². The third-order valence-electron chi connectivity index (χ3n) is 4.65. The molecule has 0 aliphatic carbocycles. The smallest absolute Gasteiger partial charge is 0.242 e. The highest BCUT2D eigenvalue weighted by Gasteiger charge is 2.38. The number of carbonyl (C=O) groups is 2. The number of amides is 2. The van der Waals surface area contributed by atoms with Crippen LogP contribution in [0, 0.1) is 5.82 Å². The molecule has 1 heterocycles. The minimum atomic E-state index is -0.632. The number of aliphatic imine (C=N–C) groups is 1. The fourth-order valence-corrected chi connectivity index (χ4v) is 4.46. The summed E-state index contributed by atoms with van der Waals surface area (Å²) in [5.74, 6) is -0.0401. The number of amidine groups is 1. The molecule has 3 rings (SSSR count). The number of ether oxygens (including phenoxy) is 2. The molecule has 1 N–H and O–H groups in total. The average molecular weight is 480 g/mol. The highest BCUT2D eigenvalue weighted by molar-refractivity contribution is 8.15. The first-order valence-electron chi connectivity index (χ1n) is 9.90. The maximum Gasteiger partial charge on any atom is 0.242 e. The largest absolute Gasteiger partial charge is 0.497 e. The summed E-state index contributed by atoms with van der Waals surface area (Å²) in [5, 5.41) is 2.56. The van der Waals surface area contributed by atoms with Crippen molar-refractivity contribution >= 4 is 51.7 Å². The van der Waals surface area contributed by atoms with E-state index in [1.54, 1.807) is 23.1 Å². The van der Waals surface area contributed by atoms with Gasteiger partial charge in [-0.15, -0.1) is 0 Å². The van der Waals surface area contributed by atoms with Crippen LogP contribution >= 0.6 is 23.4 Å². The fraction of sp³-hybridized carbons (Fsp3) is 0.318. The lowest BCUT2D eigenvalue weighted by Gasteiger charge is -2.15. The van der Waals surface area contributed by atoms with Gasteiger partial charge in [0, 0.05) is 19.0 Å². The number of thioether (sulfide) groups is 1. The van der Waals surface area contributed by atoms with Crippen molar-refractivity contribution < 1.29 is 23.5 Å². The summed E-state index contributed by atoms with van der Waals surface area (Å²) in [7, 11) is 3.03. The molecule has 1 fully saturated rings. The highest BCUT2D eigenvalue weighted by atomic mass is 35.5. The first-order chi connectivity index (χ1) is 15.4.